The zero-order chi connectivity index (χ0) is 18.1. The molecule has 2 aromatic carbocycles. The van der Waals surface area contributed by atoms with Crippen molar-refractivity contribution in [3.05, 3.63) is 70.8 Å². The lowest BCUT2D eigenvalue weighted by Gasteiger charge is -2.15. The van der Waals surface area contributed by atoms with Gasteiger partial charge in [-0.25, -0.2) is 0 Å². The quantitative estimate of drug-likeness (QED) is 0.393. The zero-order valence-corrected chi connectivity index (χ0v) is 15.3. The summed E-state index contributed by atoms with van der Waals surface area (Å²) in [5.41, 5.74) is 4.14. The lowest BCUT2D eigenvalue weighted by molar-refractivity contribution is 0.215. The van der Waals surface area contributed by atoms with Crippen LogP contribution in [0.4, 0.5) is 0 Å². The monoisotopic (exact) mass is 339 g/mol. The Bertz CT molecular complexity index is 728. The van der Waals surface area contributed by atoms with Gasteiger partial charge in [0.25, 0.3) is 0 Å². The normalized spacial score (nSPS) is 11.2. The van der Waals surface area contributed by atoms with E-state index in [2.05, 4.69) is 5.16 Å². The highest BCUT2D eigenvalue weighted by Crippen LogP contribution is 2.29. The molecule has 2 rings (SSSR count). The second-order valence-corrected chi connectivity index (χ2v) is 5.67. The molecule has 0 aliphatic rings. The number of nitrogens with zero attached hydrogens (tertiary/aromatic N) is 1. The highest BCUT2D eigenvalue weighted by molar-refractivity contribution is 5.81. The first-order chi connectivity index (χ1) is 12.2. The van der Waals surface area contributed by atoms with Crippen molar-refractivity contribution in [1.29, 1.82) is 0 Å². The Kier molecular flexibility index (Phi) is 7.08. The first-order valence-electron chi connectivity index (χ1n) is 8.28. The standard InChI is InChI=1S/C21H25NO3/c1-5-6-11-24-20-12-16(2)21(17(3)13-20)25-15-19-10-8-7-9-18(19)14-22-23-4/h5-10,12-14H,11,15H2,1-4H3/b6-5+,22-14+. The summed E-state index contributed by atoms with van der Waals surface area (Å²) >= 11 is 0. The average molecular weight is 339 g/mol. The van der Waals surface area contributed by atoms with Crippen molar-refractivity contribution in [3.8, 4) is 11.5 Å². The van der Waals surface area contributed by atoms with Gasteiger partial charge in [0.15, 0.2) is 0 Å². The van der Waals surface area contributed by atoms with E-state index >= 15 is 0 Å². The summed E-state index contributed by atoms with van der Waals surface area (Å²) in [6.45, 7) is 7.08. The van der Waals surface area contributed by atoms with Crippen LogP contribution in [0.5, 0.6) is 11.5 Å². The predicted octanol–water partition coefficient (Wildman–Crippen LogP) is 4.82. The van der Waals surface area contributed by atoms with Crippen LogP contribution < -0.4 is 9.47 Å². The van der Waals surface area contributed by atoms with E-state index in [1.165, 1.54) is 7.11 Å². The number of hydrogen-bond acceptors (Lipinski definition) is 4. The zero-order valence-electron chi connectivity index (χ0n) is 15.3. The molecule has 0 aliphatic heterocycles. The molecular weight excluding hydrogens is 314 g/mol. The Morgan fingerprint density at radius 3 is 2.44 bits per heavy atom. The summed E-state index contributed by atoms with van der Waals surface area (Å²) in [5, 5.41) is 3.84. The van der Waals surface area contributed by atoms with Gasteiger partial charge >= 0.3 is 0 Å². The van der Waals surface area contributed by atoms with Gasteiger partial charge in [0, 0.05) is 5.56 Å². The molecule has 0 saturated heterocycles. The van der Waals surface area contributed by atoms with Crippen molar-refractivity contribution < 1.29 is 14.3 Å². The van der Waals surface area contributed by atoms with Gasteiger partial charge in [-0.05, 0) is 49.6 Å². The van der Waals surface area contributed by atoms with Gasteiger partial charge in [-0.1, -0.05) is 41.6 Å². The fraction of sp³-hybridized carbons (Fsp3) is 0.286. The third kappa shape index (κ3) is 5.38. The molecule has 0 bridgehead atoms. The topological polar surface area (TPSA) is 40.0 Å². The Morgan fingerprint density at radius 2 is 1.76 bits per heavy atom. The lowest BCUT2D eigenvalue weighted by atomic mass is 10.1. The Hall–Kier alpha value is -2.75. The van der Waals surface area contributed by atoms with Gasteiger partial charge in [0.05, 0.1) is 6.21 Å². The van der Waals surface area contributed by atoms with Crippen molar-refractivity contribution in [2.45, 2.75) is 27.4 Å². The smallest absolute Gasteiger partial charge is 0.125 e. The Morgan fingerprint density at radius 1 is 1.04 bits per heavy atom. The summed E-state index contributed by atoms with van der Waals surface area (Å²) in [6.07, 6.45) is 5.64. The predicted molar refractivity (Wildman–Crippen MR) is 102 cm³/mol. The van der Waals surface area contributed by atoms with Crippen LogP contribution in [-0.4, -0.2) is 19.9 Å². The minimum Gasteiger partial charge on any atom is -0.490 e. The average Bonchev–Trinajstić information content (AvgIpc) is 2.60. The summed E-state index contributed by atoms with van der Waals surface area (Å²) < 4.78 is 11.8. The Labute approximate surface area is 149 Å². The lowest BCUT2D eigenvalue weighted by Crippen LogP contribution is -2.03. The molecule has 0 amide bonds. The van der Waals surface area contributed by atoms with Crippen LogP contribution >= 0.6 is 0 Å². The van der Waals surface area contributed by atoms with E-state index in [0.717, 1.165) is 33.8 Å². The highest BCUT2D eigenvalue weighted by Gasteiger charge is 2.09. The maximum Gasteiger partial charge on any atom is 0.125 e. The molecule has 0 aromatic heterocycles. The summed E-state index contributed by atoms with van der Waals surface area (Å²) in [6, 6.07) is 12.0. The van der Waals surface area contributed by atoms with Crippen molar-refractivity contribution in [2.24, 2.45) is 5.16 Å². The van der Waals surface area contributed by atoms with Crippen LogP contribution in [0.3, 0.4) is 0 Å². The van der Waals surface area contributed by atoms with Gasteiger partial charge < -0.3 is 14.3 Å². The van der Waals surface area contributed by atoms with Crippen LogP contribution in [-0.2, 0) is 11.4 Å². The second-order valence-electron chi connectivity index (χ2n) is 5.67. The molecule has 2 aromatic rings. The fourth-order valence-corrected chi connectivity index (χ4v) is 2.51. The van der Waals surface area contributed by atoms with Crippen LogP contribution in [0.15, 0.2) is 53.7 Å². The van der Waals surface area contributed by atoms with Crippen molar-refractivity contribution >= 4 is 6.21 Å². The molecule has 0 unspecified atom stereocenters. The third-order valence-electron chi connectivity index (χ3n) is 3.74. The van der Waals surface area contributed by atoms with Crippen molar-refractivity contribution in [3.63, 3.8) is 0 Å². The summed E-state index contributed by atoms with van der Waals surface area (Å²) in [7, 11) is 1.53. The van der Waals surface area contributed by atoms with Gasteiger partial charge in [-0.3, -0.25) is 0 Å². The molecule has 4 heteroatoms. The number of oxime groups is 1. The summed E-state index contributed by atoms with van der Waals surface area (Å²) in [5.74, 6) is 1.74. The second kappa shape index (κ2) is 9.52. The van der Waals surface area contributed by atoms with E-state index < -0.39 is 0 Å². The molecule has 25 heavy (non-hydrogen) atoms. The molecule has 0 aliphatic carbocycles. The maximum atomic E-state index is 6.08. The van der Waals surface area contributed by atoms with Gasteiger partial charge in [-0.15, -0.1) is 0 Å². The SMILES string of the molecule is C/C=C/COc1cc(C)c(OCc2ccccc2/C=N/OC)c(C)c1. The number of allylic oxidation sites excluding steroid dienone is 1. The van der Waals surface area contributed by atoms with Crippen molar-refractivity contribution in [1.82, 2.24) is 0 Å². The molecule has 0 heterocycles. The van der Waals surface area contributed by atoms with E-state index in [4.69, 9.17) is 14.3 Å². The highest BCUT2D eigenvalue weighted by atomic mass is 16.6. The maximum absolute atomic E-state index is 6.08. The van der Waals surface area contributed by atoms with Crippen molar-refractivity contribution in [2.75, 3.05) is 13.7 Å². The number of benzene rings is 2. The van der Waals surface area contributed by atoms with Gasteiger partial charge in [0.1, 0.15) is 31.8 Å². The molecule has 0 N–H and O–H groups in total. The number of ether oxygens (including phenoxy) is 2. The van der Waals surface area contributed by atoms with Gasteiger partial charge in [0.2, 0.25) is 0 Å². The molecule has 0 atom stereocenters. The largest absolute Gasteiger partial charge is 0.490 e. The van der Waals surface area contributed by atoms with E-state index in [9.17, 15) is 0 Å². The van der Waals surface area contributed by atoms with E-state index in [1.807, 2.05) is 69.3 Å². The minimum atomic E-state index is 0.465. The number of aryl methyl sites for hydroxylation is 2. The summed E-state index contributed by atoms with van der Waals surface area (Å²) in [4.78, 5) is 4.77. The number of hydrogen-bond donors (Lipinski definition) is 0. The minimum absolute atomic E-state index is 0.465. The van der Waals surface area contributed by atoms with Crippen LogP contribution in [0.1, 0.15) is 29.2 Å². The van der Waals surface area contributed by atoms with Gasteiger partial charge in [-0.2, -0.15) is 0 Å². The third-order valence-corrected chi connectivity index (χ3v) is 3.74. The van der Waals surface area contributed by atoms with E-state index in [0.29, 0.717) is 13.2 Å². The molecule has 0 spiro atoms. The number of rotatable bonds is 8. The first-order valence-corrected chi connectivity index (χ1v) is 8.28. The first kappa shape index (κ1) is 18.6. The molecule has 0 fully saturated rings. The molecular formula is C21H25NO3. The molecule has 0 saturated carbocycles. The van der Waals surface area contributed by atoms with E-state index in [-0.39, 0.29) is 0 Å². The molecule has 4 nitrogen and oxygen atoms in total. The van der Waals surface area contributed by atoms with Crippen LogP contribution in [0.25, 0.3) is 0 Å². The molecule has 0 radical (unpaired) electrons. The van der Waals surface area contributed by atoms with Crippen LogP contribution in [0, 0.1) is 13.8 Å². The van der Waals surface area contributed by atoms with Crippen LogP contribution in [0.2, 0.25) is 0 Å². The molecule has 132 valence electrons. The van der Waals surface area contributed by atoms with E-state index in [1.54, 1.807) is 6.21 Å². The Balaban J connectivity index is 2.12. The fourth-order valence-electron chi connectivity index (χ4n) is 2.51.